The Morgan fingerprint density at radius 2 is 2.20 bits per heavy atom. The van der Waals surface area contributed by atoms with Gasteiger partial charge >= 0.3 is 6.61 Å². The van der Waals surface area contributed by atoms with Crippen LogP contribution in [0, 0.1) is 0 Å². The molecule has 1 N–H and O–H groups in total. The minimum atomic E-state index is -2.87. The number of piperazine rings is 1. The third-order valence-electron chi connectivity index (χ3n) is 4.25. The normalized spacial score (nSPS) is 18.3. The van der Waals surface area contributed by atoms with Gasteiger partial charge in [0.05, 0.1) is 7.11 Å². The molecule has 25 heavy (non-hydrogen) atoms. The van der Waals surface area contributed by atoms with E-state index < -0.39 is 6.61 Å². The Bertz CT molecular complexity index is 685. The van der Waals surface area contributed by atoms with Crippen LogP contribution in [0.15, 0.2) is 42.7 Å². The Labute approximate surface area is 145 Å². The second-order valence-electron chi connectivity index (χ2n) is 5.84. The van der Waals surface area contributed by atoms with Gasteiger partial charge < -0.3 is 14.8 Å². The summed E-state index contributed by atoms with van der Waals surface area (Å²) in [4.78, 5) is 6.55. The highest BCUT2D eigenvalue weighted by Gasteiger charge is 2.24. The van der Waals surface area contributed by atoms with Gasteiger partial charge in [0.2, 0.25) is 0 Å². The molecule has 1 saturated heterocycles. The first-order valence-corrected chi connectivity index (χ1v) is 8.14. The average molecular weight is 349 g/mol. The van der Waals surface area contributed by atoms with Gasteiger partial charge in [0, 0.05) is 44.6 Å². The lowest BCUT2D eigenvalue weighted by Gasteiger charge is -2.36. The fourth-order valence-corrected chi connectivity index (χ4v) is 3.08. The molecule has 1 atom stereocenters. The van der Waals surface area contributed by atoms with E-state index in [1.807, 2.05) is 12.3 Å². The van der Waals surface area contributed by atoms with Gasteiger partial charge in [-0.05, 0) is 29.3 Å². The number of benzene rings is 1. The van der Waals surface area contributed by atoms with Gasteiger partial charge in [-0.15, -0.1) is 0 Å². The molecule has 134 valence electrons. The Hall–Kier alpha value is -2.25. The third kappa shape index (κ3) is 4.43. The average Bonchev–Trinajstić information content (AvgIpc) is 2.64. The number of nitrogens with zero attached hydrogens (tertiary/aromatic N) is 2. The van der Waals surface area contributed by atoms with Crippen molar-refractivity contribution in [3.63, 3.8) is 0 Å². The van der Waals surface area contributed by atoms with Gasteiger partial charge in [-0.2, -0.15) is 8.78 Å². The molecule has 2 heterocycles. The molecule has 1 aromatic heterocycles. The number of nitrogens with one attached hydrogen (secondary N) is 1. The highest BCUT2D eigenvalue weighted by molar-refractivity contribution is 5.43. The molecule has 1 aliphatic heterocycles. The lowest BCUT2D eigenvalue weighted by atomic mass is 10.0. The molecule has 0 spiro atoms. The number of aromatic nitrogens is 1. The standard InChI is InChI=1S/C18H21F2N3O2/c1-24-17-9-13(4-5-16(17)25-18(19)20)12-23-8-7-22-11-15(23)14-3-2-6-21-10-14/h2-6,9-10,15,18,22H,7-8,11-12H2,1H3. The van der Waals surface area contributed by atoms with E-state index in [-0.39, 0.29) is 11.8 Å². The van der Waals surface area contributed by atoms with E-state index in [9.17, 15) is 8.78 Å². The number of hydrogen-bond donors (Lipinski definition) is 1. The van der Waals surface area contributed by atoms with Crippen molar-refractivity contribution >= 4 is 0 Å². The molecule has 0 saturated carbocycles. The molecule has 3 rings (SSSR count). The number of rotatable bonds is 6. The summed E-state index contributed by atoms with van der Waals surface area (Å²) in [5, 5.41) is 3.40. The summed E-state index contributed by atoms with van der Waals surface area (Å²) in [6, 6.07) is 9.29. The summed E-state index contributed by atoms with van der Waals surface area (Å²) in [6.45, 7) is 0.447. The number of pyridine rings is 1. The zero-order valence-corrected chi connectivity index (χ0v) is 14.0. The first kappa shape index (κ1) is 17.6. The molecular weight excluding hydrogens is 328 g/mol. The van der Waals surface area contributed by atoms with Crippen molar-refractivity contribution in [2.75, 3.05) is 26.7 Å². The van der Waals surface area contributed by atoms with Crippen molar-refractivity contribution in [1.29, 1.82) is 0 Å². The maximum absolute atomic E-state index is 12.5. The van der Waals surface area contributed by atoms with E-state index in [1.54, 1.807) is 18.3 Å². The molecule has 1 unspecified atom stereocenters. The van der Waals surface area contributed by atoms with Crippen LogP contribution in [0.5, 0.6) is 11.5 Å². The van der Waals surface area contributed by atoms with Crippen LogP contribution in [-0.2, 0) is 6.54 Å². The van der Waals surface area contributed by atoms with E-state index in [0.717, 1.165) is 30.8 Å². The minimum absolute atomic E-state index is 0.0466. The Balaban J connectivity index is 1.77. The molecule has 0 radical (unpaired) electrons. The van der Waals surface area contributed by atoms with Gasteiger partial charge in [-0.25, -0.2) is 0 Å². The smallest absolute Gasteiger partial charge is 0.387 e. The molecule has 1 aliphatic rings. The van der Waals surface area contributed by atoms with Crippen molar-refractivity contribution in [3.05, 3.63) is 53.9 Å². The summed E-state index contributed by atoms with van der Waals surface area (Å²) in [5.41, 5.74) is 2.13. The Kier molecular flexibility index (Phi) is 5.78. The van der Waals surface area contributed by atoms with Crippen molar-refractivity contribution in [2.45, 2.75) is 19.2 Å². The fourth-order valence-electron chi connectivity index (χ4n) is 3.08. The van der Waals surface area contributed by atoms with Gasteiger partial charge in [0.25, 0.3) is 0 Å². The third-order valence-corrected chi connectivity index (χ3v) is 4.25. The van der Waals surface area contributed by atoms with Gasteiger partial charge in [-0.1, -0.05) is 12.1 Å². The topological polar surface area (TPSA) is 46.6 Å². The molecule has 2 aromatic rings. The SMILES string of the molecule is COc1cc(CN2CCNCC2c2cccnc2)ccc1OC(F)F. The number of halogens is 2. The van der Waals surface area contributed by atoms with Crippen molar-refractivity contribution < 1.29 is 18.3 Å². The summed E-state index contributed by atoms with van der Waals surface area (Å²) in [5.74, 6) is 0.358. The largest absolute Gasteiger partial charge is 0.493 e. The fraction of sp³-hybridized carbons (Fsp3) is 0.389. The summed E-state index contributed by atoms with van der Waals surface area (Å²) < 4.78 is 34.6. The van der Waals surface area contributed by atoms with Crippen LogP contribution in [0.3, 0.4) is 0 Å². The number of alkyl halides is 2. The minimum Gasteiger partial charge on any atom is -0.493 e. The molecule has 7 heteroatoms. The summed E-state index contributed by atoms with van der Waals surface area (Å²) >= 11 is 0. The molecule has 0 aliphatic carbocycles. The summed E-state index contributed by atoms with van der Waals surface area (Å²) in [6.07, 6.45) is 3.64. The van der Waals surface area contributed by atoms with E-state index in [0.29, 0.717) is 12.3 Å². The number of methoxy groups -OCH3 is 1. The van der Waals surface area contributed by atoms with Gasteiger partial charge in [0.15, 0.2) is 11.5 Å². The number of ether oxygens (including phenoxy) is 2. The molecular formula is C18H21F2N3O2. The quantitative estimate of drug-likeness (QED) is 0.869. The summed E-state index contributed by atoms with van der Waals surface area (Å²) in [7, 11) is 1.45. The van der Waals surface area contributed by atoms with Crippen LogP contribution in [-0.4, -0.2) is 43.2 Å². The van der Waals surface area contributed by atoms with Crippen molar-refractivity contribution in [1.82, 2.24) is 15.2 Å². The highest BCUT2D eigenvalue weighted by atomic mass is 19.3. The maximum atomic E-state index is 12.5. The highest BCUT2D eigenvalue weighted by Crippen LogP contribution is 2.31. The van der Waals surface area contributed by atoms with Crippen LogP contribution in [0.2, 0.25) is 0 Å². The predicted molar refractivity (Wildman–Crippen MR) is 89.9 cm³/mol. The van der Waals surface area contributed by atoms with Crippen LogP contribution in [0.25, 0.3) is 0 Å². The first-order chi connectivity index (χ1) is 12.2. The molecule has 1 aromatic carbocycles. The van der Waals surface area contributed by atoms with Crippen molar-refractivity contribution in [2.24, 2.45) is 0 Å². The monoisotopic (exact) mass is 349 g/mol. The molecule has 1 fully saturated rings. The lowest BCUT2D eigenvalue weighted by Crippen LogP contribution is -2.45. The van der Waals surface area contributed by atoms with Gasteiger partial charge in [-0.3, -0.25) is 9.88 Å². The molecule has 0 amide bonds. The Morgan fingerprint density at radius 1 is 1.32 bits per heavy atom. The van der Waals surface area contributed by atoms with E-state index in [2.05, 4.69) is 26.0 Å². The predicted octanol–water partition coefficient (Wildman–Crippen LogP) is 2.84. The Morgan fingerprint density at radius 3 is 2.92 bits per heavy atom. The van der Waals surface area contributed by atoms with Gasteiger partial charge in [0.1, 0.15) is 0 Å². The van der Waals surface area contributed by atoms with E-state index >= 15 is 0 Å². The molecule has 5 nitrogen and oxygen atoms in total. The lowest BCUT2D eigenvalue weighted by molar-refractivity contribution is -0.0512. The van der Waals surface area contributed by atoms with Crippen molar-refractivity contribution in [3.8, 4) is 11.5 Å². The number of hydrogen-bond acceptors (Lipinski definition) is 5. The second-order valence-corrected chi connectivity index (χ2v) is 5.84. The molecule has 0 bridgehead atoms. The van der Waals surface area contributed by atoms with Crippen LogP contribution in [0.4, 0.5) is 8.78 Å². The van der Waals surface area contributed by atoms with E-state index in [4.69, 9.17) is 4.74 Å². The van der Waals surface area contributed by atoms with Crippen LogP contribution in [0.1, 0.15) is 17.2 Å². The zero-order chi connectivity index (χ0) is 17.6. The zero-order valence-electron chi connectivity index (χ0n) is 14.0. The van der Waals surface area contributed by atoms with E-state index in [1.165, 1.54) is 13.2 Å². The maximum Gasteiger partial charge on any atom is 0.387 e. The van der Waals surface area contributed by atoms with Crippen LogP contribution < -0.4 is 14.8 Å². The first-order valence-electron chi connectivity index (χ1n) is 8.14. The van der Waals surface area contributed by atoms with Crippen LogP contribution >= 0.6 is 0 Å². The second kappa shape index (κ2) is 8.22.